The van der Waals surface area contributed by atoms with Crippen molar-refractivity contribution in [2.75, 3.05) is 11.1 Å². The smallest absolute Gasteiger partial charge is 0.314 e. The van der Waals surface area contributed by atoms with E-state index in [1.54, 1.807) is 18.2 Å². The summed E-state index contributed by atoms with van der Waals surface area (Å²) in [5, 5.41) is 14.4. The quantitative estimate of drug-likeness (QED) is 0.497. The van der Waals surface area contributed by atoms with Gasteiger partial charge in [-0.2, -0.15) is 0 Å². The highest BCUT2D eigenvalue weighted by atomic mass is 16.6. The molecule has 5 heteroatoms. The van der Waals surface area contributed by atoms with E-state index in [1.165, 1.54) is 6.42 Å². The van der Waals surface area contributed by atoms with E-state index in [1.807, 2.05) is 0 Å². The molecule has 1 aliphatic rings. The van der Waals surface area contributed by atoms with Gasteiger partial charge < -0.3 is 11.1 Å². The highest BCUT2D eigenvalue weighted by Gasteiger charge is 2.26. The summed E-state index contributed by atoms with van der Waals surface area (Å²) in [4.78, 5) is 10.7. The Balaban J connectivity index is 2.19. The van der Waals surface area contributed by atoms with Crippen LogP contribution in [-0.2, 0) is 0 Å². The minimum absolute atomic E-state index is 0.00613. The number of hydrogen-bond donors (Lipinski definition) is 2. The van der Waals surface area contributed by atoms with Gasteiger partial charge in [-0.15, -0.1) is 0 Å². The molecule has 0 radical (unpaired) electrons. The first-order valence-electron chi connectivity index (χ1n) is 6.76. The van der Waals surface area contributed by atoms with Gasteiger partial charge in [0.05, 0.1) is 4.92 Å². The molecule has 0 aliphatic heterocycles. The second kappa shape index (κ2) is 5.47. The van der Waals surface area contributed by atoms with E-state index < -0.39 is 4.92 Å². The van der Waals surface area contributed by atoms with Crippen LogP contribution in [0.15, 0.2) is 18.2 Å². The number of nitrogen functional groups attached to an aromatic ring is 1. The highest BCUT2D eigenvalue weighted by molar-refractivity contribution is 5.74. The van der Waals surface area contributed by atoms with E-state index in [-0.39, 0.29) is 11.4 Å². The van der Waals surface area contributed by atoms with E-state index in [2.05, 4.69) is 19.2 Å². The van der Waals surface area contributed by atoms with Crippen LogP contribution in [0.1, 0.15) is 33.1 Å². The molecule has 1 aromatic carbocycles. The van der Waals surface area contributed by atoms with Crippen molar-refractivity contribution >= 4 is 17.1 Å². The van der Waals surface area contributed by atoms with E-state index in [0.29, 0.717) is 23.6 Å². The molecule has 0 heterocycles. The number of nitrogens with one attached hydrogen (secondary N) is 1. The second-order valence-corrected chi connectivity index (χ2v) is 5.76. The van der Waals surface area contributed by atoms with Crippen molar-refractivity contribution in [1.82, 2.24) is 0 Å². The normalized spacial score (nSPS) is 26.9. The topological polar surface area (TPSA) is 81.2 Å². The third-order valence-corrected chi connectivity index (χ3v) is 3.79. The molecule has 1 aliphatic carbocycles. The second-order valence-electron chi connectivity index (χ2n) is 5.76. The zero-order valence-corrected chi connectivity index (χ0v) is 11.4. The van der Waals surface area contributed by atoms with Crippen molar-refractivity contribution in [2.24, 2.45) is 11.8 Å². The predicted octanol–water partition coefficient (Wildman–Crippen LogP) is 3.41. The summed E-state index contributed by atoms with van der Waals surface area (Å²) in [6, 6.07) is 5.34. The molecular formula is C14H21N3O2. The lowest BCUT2D eigenvalue weighted by Crippen LogP contribution is -2.30. The summed E-state index contributed by atoms with van der Waals surface area (Å²) in [5.74, 6) is 1.31. The Kier molecular flexibility index (Phi) is 3.93. The lowest BCUT2D eigenvalue weighted by Gasteiger charge is -2.32. The Hall–Kier alpha value is -1.78. The van der Waals surface area contributed by atoms with Gasteiger partial charge in [-0.25, -0.2) is 0 Å². The van der Waals surface area contributed by atoms with Crippen molar-refractivity contribution in [3.8, 4) is 0 Å². The number of para-hydroxylation sites is 1. The molecule has 2 rings (SSSR count). The van der Waals surface area contributed by atoms with Crippen LogP contribution in [0.4, 0.5) is 17.1 Å². The zero-order chi connectivity index (χ0) is 14.0. The number of nitro benzene ring substituents is 1. The van der Waals surface area contributed by atoms with Gasteiger partial charge >= 0.3 is 5.69 Å². The Labute approximate surface area is 113 Å². The molecule has 0 bridgehead atoms. The fraction of sp³-hybridized carbons (Fsp3) is 0.571. The number of nitro groups is 1. The third kappa shape index (κ3) is 3.16. The van der Waals surface area contributed by atoms with Gasteiger partial charge in [-0.05, 0) is 43.2 Å². The molecule has 19 heavy (non-hydrogen) atoms. The lowest BCUT2D eigenvalue weighted by molar-refractivity contribution is -0.383. The first-order chi connectivity index (χ1) is 8.97. The maximum Gasteiger partial charge on any atom is 0.314 e. The van der Waals surface area contributed by atoms with E-state index in [4.69, 9.17) is 5.73 Å². The van der Waals surface area contributed by atoms with Crippen LogP contribution in [0.25, 0.3) is 0 Å². The van der Waals surface area contributed by atoms with Crippen LogP contribution in [0.2, 0.25) is 0 Å². The number of nitrogens with zero attached hydrogens (tertiary/aromatic N) is 1. The molecule has 1 fully saturated rings. The van der Waals surface area contributed by atoms with Crippen molar-refractivity contribution in [3.63, 3.8) is 0 Å². The molecular weight excluding hydrogens is 242 g/mol. The molecule has 0 saturated heterocycles. The number of hydrogen-bond acceptors (Lipinski definition) is 4. The summed E-state index contributed by atoms with van der Waals surface area (Å²) in [7, 11) is 0. The Morgan fingerprint density at radius 2 is 1.89 bits per heavy atom. The van der Waals surface area contributed by atoms with Crippen LogP contribution in [0.5, 0.6) is 0 Å². The zero-order valence-electron chi connectivity index (χ0n) is 11.4. The molecule has 5 nitrogen and oxygen atoms in total. The summed E-state index contributed by atoms with van der Waals surface area (Å²) in [6.45, 7) is 4.47. The summed E-state index contributed by atoms with van der Waals surface area (Å²) in [6.07, 6.45) is 3.34. The lowest BCUT2D eigenvalue weighted by atomic mass is 9.80. The Bertz CT molecular complexity index is 466. The van der Waals surface area contributed by atoms with E-state index in [0.717, 1.165) is 12.8 Å². The number of benzene rings is 1. The van der Waals surface area contributed by atoms with Crippen LogP contribution >= 0.6 is 0 Å². The molecule has 1 saturated carbocycles. The van der Waals surface area contributed by atoms with Gasteiger partial charge in [-0.3, -0.25) is 10.1 Å². The fourth-order valence-electron chi connectivity index (χ4n) is 3.17. The van der Waals surface area contributed by atoms with Crippen molar-refractivity contribution in [3.05, 3.63) is 28.3 Å². The Morgan fingerprint density at radius 3 is 2.47 bits per heavy atom. The minimum Gasteiger partial charge on any atom is -0.393 e. The predicted molar refractivity (Wildman–Crippen MR) is 77.1 cm³/mol. The molecule has 2 atom stereocenters. The average molecular weight is 263 g/mol. The van der Waals surface area contributed by atoms with Crippen molar-refractivity contribution in [1.29, 1.82) is 0 Å². The van der Waals surface area contributed by atoms with Crippen LogP contribution in [0, 0.1) is 22.0 Å². The minimum atomic E-state index is -0.409. The summed E-state index contributed by atoms with van der Waals surface area (Å²) < 4.78 is 0. The van der Waals surface area contributed by atoms with Crippen LogP contribution in [0.3, 0.4) is 0 Å². The van der Waals surface area contributed by atoms with Gasteiger partial charge in [0.2, 0.25) is 0 Å². The van der Waals surface area contributed by atoms with Gasteiger partial charge in [0, 0.05) is 6.04 Å². The maximum absolute atomic E-state index is 11.1. The van der Waals surface area contributed by atoms with Crippen LogP contribution < -0.4 is 11.1 Å². The summed E-state index contributed by atoms with van der Waals surface area (Å²) in [5.41, 5.74) is 6.45. The highest BCUT2D eigenvalue weighted by Crippen LogP contribution is 2.35. The molecule has 1 aromatic rings. The van der Waals surface area contributed by atoms with Gasteiger partial charge in [0.1, 0.15) is 11.4 Å². The van der Waals surface area contributed by atoms with Gasteiger partial charge in [0.25, 0.3) is 0 Å². The third-order valence-electron chi connectivity index (χ3n) is 3.79. The van der Waals surface area contributed by atoms with Crippen molar-refractivity contribution < 1.29 is 4.92 Å². The number of rotatable bonds is 3. The maximum atomic E-state index is 11.1. The summed E-state index contributed by atoms with van der Waals surface area (Å²) >= 11 is 0. The monoisotopic (exact) mass is 263 g/mol. The van der Waals surface area contributed by atoms with Crippen LogP contribution in [-0.4, -0.2) is 11.0 Å². The molecule has 104 valence electrons. The molecule has 2 unspecified atom stereocenters. The van der Waals surface area contributed by atoms with E-state index in [9.17, 15) is 10.1 Å². The fourth-order valence-corrected chi connectivity index (χ4v) is 3.17. The van der Waals surface area contributed by atoms with Crippen molar-refractivity contribution in [2.45, 2.75) is 39.2 Å². The SMILES string of the molecule is CC1CC(C)CC(Nc2cccc(N)c2[N+](=O)[O-])C1. The average Bonchev–Trinajstić information content (AvgIpc) is 2.26. The van der Waals surface area contributed by atoms with E-state index >= 15 is 0 Å². The first kappa shape index (κ1) is 13.6. The Morgan fingerprint density at radius 1 is 1.26 bits per heavy atom. The number of anilines is 2. The molecule has 0 spiro atoms. The molecule has 0 aromatic heterocycles. The number of nitrogens with two attached hydrogens (primary N) is 1. The largest absolute Gasteiger partial charge is 0.393 e. The van der Waals surface area contributed by atoms with Gasteiger partial charge in [0.15, 0.2) is 0 Å². The standard InChI is InChI=1S/C14H21N3O2/c1-9-6-10(2)8-11(7-9)16-13-5-3-4-12(15)14(13)17(18)19/h3-5,9-11,16H,6-8,15H2,1-2H3. The first-order valence-corrected chi connectivity index (χ1v) is 6.76. The molecule has 0 amide bonds. The van der Waals surface area contributed by atoms with Gasteiger partial charge in [-0.1, -0.05) is 19.9 Å². The molecule has 3 N–H and O–H groups in total.